The molecule has 0 aliphatic heterocycles. The summed E-state index contributed by atoms with van der Waals surface area (Å²) in [5.74, 6) is -0.234. The highest BCUT2D eigenvalue weighted by Gasteiger charge is 2.26. The van der Waals surface area contributed by atoms with Crippen LogP contribution in [0.4, 0.5) is 5.69 Å². The first-order chi connectivity index (χ1) is 13.4. The number of rotatable bonds is 6. The standard InChI is InChI=1S/C24H28N2O2/c1-4-28-23(27)17-25-21-14-22(16-24(2,3)15-21)26-20-12-10-19(11-13-20)18-8-6-5-7-9-18/h5-14,25H,4,15-17H2,1-3H3/b26-22-. The van der Waals surface area contributed by atoms with E-state index >= 15 is 0 Å². The fourth-order valence-corrected chi connectivity index (χ4v) is 3.48. The van der Waals surface area contributed by atoms with E-state index in [9.17, 15) is 4.79 Å². The molecule has 1 N–H and O–H groups in total. The minimum absolute atomic E-state index is 0.0918. The summed E-state index contributed by atoms with van der Waals surface area (Å²) in [4.78, 5) is 16.5. The van der Waals surface area contributed by atoms with E-state index in [4.69, 9.17) is 9.73 Å². The number of carbonyl (C=O) groups excluding carboxylic acids is 1. The number of benzene rings is 2. The highest BCUT2D eigenvalue weighted by Crippen LogP contribution is 2.34. The molecule has 4 heteroatoms. The van der Waals surface area contributed by atoms with Crippen LogP contribution in [0.5, 0.6) is 0 Å². The predicted octanol–water partition coefficient (Wildman–Crippen LogP) is 5.28. The lowest BCUT2D eigenvalue weighted by molar-refractivity contribution is -0.141. The number of nitrogens with one attached hydrogen (secondary N) is 1. The molecule has 3 rings (SSSR count). The van der Waals surface area contributed by atoms with Gasteiger partial charge in [0.05, 0.1) is 12.3 Å². The minimum atomic E-state index is -0.234. The number of hydrogen-bond donors (Lipinski definition) is 1. The Hall–Kier alpha value is -2.88. The van der Waals surface area contributed by atoms with Crippen molar-refractivity contribution >= 4 is 17.4 Å². The average Bonchev–Trinajstić information content (AvgIpc) is 2.67. The second-order valence-electron chi connectivity index (χ2n) is 7.86. The van der Waals surface area contributed by atoms with Crippen LogP contribution in [0.25, 0.3) is 11.1 Å². The summed E-state index contributed by atoms with van der Waals surface area (Å²) in [5, 5.41) is 3.21. The van der Waals surface area contributed by atoms with Gasteiger partial charge in [-0.25, -0.2) is 0 Å². The molecule has 0 spiro atoms. The van der Waals surface area contributed by atoms with Crippen molar-refractivity contribution in [1.29, 1.82) is 0 Å². The van der Waals surface area contributed by atoms with Crippen LogP contribution in [-0.4, -0.2) is 24.8 Å². The molecule has 0 saturated carbocycles. The van der Waals surface area contributed by atoms with Crippen LogP contribution < -0.4 is 5.32 Å². The molecule has 4 nitrogen and oxygen atoms in total. The van der Waals surface area contributed by atoms with Gasteiger partial charge in [-0.3, -0.25) is 9.79 Å². The molecule has 28 heavy (non-hydrogen) atoms. The summed E-state index contributed by atoms with van der Waals surface area (Å²) in [6.45, 7) is 6.85. The van der Waals surface area contributed by atoms with Gasteiger partial charge in [0.15, 0.2) is 0 Å². The van der Waals surface area contributed by atoms with E-state index in [0.717, 1.165) is 29.9 Å². The lowest BCUT2D eigenvalue weighted by Crippen LogP contribution is -2.31. The lowest BCUT2D eigenvalue weighted by Gasteiger charge is -2.31. The van der Waals surface area contributed by atoms with Crippen molar-refractivity contribution in [2.75, 3.05) is 13.2 Å². The molecule has 0 radical (unpaired) electrons. The topological polar surface area (TPSA) is 50.7 Å². The predicted molar refractivity (Wildman–Crippen MR) is 115 cm³/mol. The van der Waals surface area contributed by atoms with Crippen LogP contribution in [0, 0.1) is 5.41 Å². The fraction of sp³-hybridized carbons (Fsp3) is 0.333. The Morgan fingerprint density at radius 2 is 1.71 bits per heavy atom. The van der Waals surface area contributed by atoms with Gasteiger partial charge >= 0.3 is 5.97 Å². The zero-order chi connectivity index (χ0) is 20.0. The van der Waals surface area contributed by atoms with Crippen molar-refractivity contribution in [2.24, 2.45) is 10.4 Å². The Kier molecular flexibility index (Phi) is 6.30. The van der Waals surface area contributed by atoms with E-state index in [1.54, 1.807) is 0 Å². The summed E-state index contributed by atoms with van der Waals surface area (Å²) in [7, 11) is 0. The van der Waals surface area contributed by atoms with Crippen molar-refractivity contribution in [1.82, 2.24) is 5.32 Å². The van der Waals surface area contributed by atoms with Gasteiger partial charge in [0.1, 0.15) is 6.54 Å². The molecule has 0 atom stereocenters. The Morgan fingerprint density at radius 3 is 2.39 bits per heavy atom. The maximum atomic E-state index is 11.6. The van der Waals surface area contributed by atoms with Gasteiger partial charge in [0.2, 0.25) is 0 Å². The number of allylic oxidation sites excluding steroid dienone is 2. The number of carbonyl (C=O) groups is 1. The average molecular weight is 377 g/mol. The maximum Gasteiger partial charge on any atom is 0.325 e. The van der Waals surface area contributed by atoms with Crippen LogP contribution in [0.3, 0.4) is 0 Å². The third-order valence-corrected chi connectivity index (χ3v) is 4.68. The van der Waals surface area contributed by atoms with Crippen molar-refractivity contribution in [2.45, 2.75) is 33.6 Å². The first-order valence-electron chi connectivity index (χ1n) is 9.78. The Bertz CT molecular complexity index is 865. The van der Waals surface area contributed by atoms with Crippen LogP contribution in [0.1, 0.15) is 33.6 Å². The molecule has 0 unspecified atom stereocenters. The number of aliphatic imine (C=N–C) groups is 1. The molecule has 0 saturated heterocycles. The van der Waals surface area contributed by atoms with Gasteiger partial charge in [0.25, 0.3) is 0 Å². The van der Waals surface area contributed by atoms with E-state index in [2.05, 4.69) is 61.6 Å². The first kappa shape index (κ1) is 19.9. The van der Waals surface area contributed by atoms with Crippen LogP contribution in [0.2, 0.25) is 0 Å². The zero-order valence-corrected chi connectivity index (χ0v) is 16.9. The summed E-state index contributed by atoms with van der Waals surface area (Å²) in [5.41, 5.74) is 5.47. The molecular formula is C24H28N2O2. The van der Waals surface area contributed by atoms with E-state index in [0.29, 0.717) is 6.61 Å². The first-order valence-corrected chi connectivity index (χ1v) is 9.78. The molecular weight excluding hydrogens is 348 g/mol. The number of esters is 1. The number of nitrogens with zero attached hydrogens (tertiary/aromatic N) is 1. The van der Waals surface area contributed by atoms with Gasteiger partial charge in [-0.15, -0.1) is 0 Å². The van der Waals surface area contributed by atoms with Crippen LogP contribution >= 0.6 is 0 Å². The summed E-state index contributed by atoms with van der Waals surface area (Å²) < 4.78 is 5.00. The Morgan fingerprint density at radius 1 is 1.04 bits per heavy atom. The second-order valence-corrected chi connectivity index (χ2v) is 7.86. The van der Waals surface area contributed by atoms with Crippen LogP contribution in [0.15, 0.2) is 71.4 Å². The monoisotopic (exact) mass is 376 g/mol. The fourth-order valence-electron chi connectivity index (χ4n) is 3.48. The van der Waals surface area contributed by atoms with Gasteiger partial charge in [-0.2, -0.15) is 0 Å². The van der Waals surface area contributed by atoms with E-state index in [1.165, 1.54) is 11.1 Å². The Labute approximate surface area is 167 Å². The van der Waals surface area contributed by atoms with Gasteiger partial charge < -0.3 is 10.1 Å². The lowest BCUT2D eigenvalue weighted by atomic mass is 9.78. The summed E-state index contributed by atoms with van der Waals surface area (Å²) >= 11 is 0. The molecule has 0 fully saturated rings. The quantitative estimate of drug-likeness (QED) is 0.698. The van der Waals surface area contributed by atoms with E-state index in [1.807, 2.05) is 25.1 Å². The molecule has 1 aliphatic carbocycles. The number of ether oxygens (including phenoxy) is 1. The third-order valence-electron chi connectivity index (χ3n) is 4.68. The molecule has 1 aliphatic rings. The van der Waals surface area contributed by atoms with Gasteiger partial charge in [-0.1, -0.05) is 56.3 Å². The maximum absolute atomic E-state index is 11.6. The van der Waals surface area contributed by atoms with Gasteiger partial charge in [0, 0.05) is 11.4 Å². The van der Waals surface area contributed by atoms with Crippen molar-refractivity contribution < 1.29 is 9.53 Å². The van der Waals surface area contributed by atoms with Gasteiger partial charge in [-0.05, 0) is 54.5 Å². The minimum Gasteiger partial charge on any atom is -0.465 e. The highest BCUT2D eigenvalue weighted by atomic mass is 16.5. The highest BCUT2D eigenvalue weighted by molar-refractivity contribution is 5.98. The van der Waals surface area contributed by atoms with E-state index in [-0.39, 0.29) is 17.9 Å². The number of hydrogen-bond acceptors (Lipinski definition) is 4. The van der Waals surface area contributed by atoms with Crippen molar-refractivity contribution in [3.8, 4) is 11.1 Å². The van der Waals surface area contributed by atoms with Crippen molar-refractivity contribution in [3.05, 3.63) is 66.4 Å². The zero-order valence-electron chi connectivity index (χ0n) is 16.9. The molecule has 0 heterocycles. The second kappa shape index (κ2) is 8.87. The Balaban J connectivity index is 1.75. The third kappa shape index (κ3) is 5.56. The molecule has 2 aromatic rings. The normalized spacial score (nSPS) is 17.1. The van der Waals surface area contributed by atoms with Crippen LogP contribution in [-0.2, 0) is 9.53 Å². The summed E-state index contributed by atoms with van der Waals surface area (Å²) in [6.07, 6.45) is 3.85. The van der Waals surface area contributed by atoms with Crippen molar-refractivity contribution in [3.63, 3.8) is 0 Å². The largest absolute Gasteiger partial charge is 0.465 e. The summed E-state index contributed by atoms with van der Waals surface area (Å²) in [6, 6.07) is 18.6. The molecule has 0 bridgehead atoms. The molecule has 0 aromatic heterocycles. The molecule has 0 amide bonds. The SMILES string of the molecule is CCOC(=O)CNC1=C/C(=N/c2ccc(-c3ccccc3)cc2)CC(C)(C)C1. The molecule has 2 aromatic carbocycles. The van der Waals surface area contributed by atoms with E-state index < -0.39 is 0 Å². The molecule has 146 valence electrons. The smallest absolute Gasteiger partial charge is 0.325 e.